The minimum atomic E-state index is -3.35. The number of hydrogen-bond acceptors (Lipinski definition) is 5. The molecule has 0 unspecified atom stereocenters. The van der Waals surface area contributed by atoms with Gasteiger partial charge in [0.15, 0.2) is 21.3 Å². The lowest BCUT2D eigenvalue weighted by Gasteiger charge is -2.14. The summed E-state index contributed by atoms with van der Waals surface area (Å²) in [6, 6.07) is 9.45. The van der Waals surface area contributed by atoms with Gasteiger partial charge in [-0.3, -0.25) is 4.79 Å². The van der Waals surface area contributed by atoms with Crippen LogP contribution in [0.15, 0.2) is 47.4 Å². The molecule has 8 heteroatoms. The molecule has 0 saturated carbocycles. The first-order valence-electron chi connectivity index (χ1n) is 8.89. The van der Waals surface area contributed by atoms with E-state index in [0.29, 0.717) is 40.3 Å². The molecule has 156 valence electrons. The van der Waals surface area contributed by atoms with Gasteiger partial charge < -0.3 is 14.8 Å². The van der Waals surface area contributed by atoms with Gasteiger partial charge in [0.1, 0.15) is 0 Å². The molecule has 0 spiro atoms. The van der Waals surface area contributed by atoms with Crippen LogP contribution in [0.1, 0.15) is 19.4 Å². The highest BCUT2D eigenvalue weighted by Crippen LogP contribution is 2.37. The van der Waals surface area contributed by atoms with E-state index in [9.17, 15) is 13.2 Å². The highest BCUT2D eigenvalue weighted by atomic mass is 35.5. The van der Waals surface area contributed by atoms with Crippen molar-refractivity contribution in [3.05, 3.63) is 53.1 Å². The molecular weight excluding hydrogens is 414 g/mol. The van der Waals surface area contributed by atoms with Crippen molar-refractivity contribution in [2.75, 3.05) is 25.3 Å². The van der Waals surface area contributed by atoms with E-state index in [1.165, 1.54) is 25.3 Å². The number of hydrogen-bond donors (Lipinski definition) is 1. The zero-order valence-corrected chi connectivity index (χ0v) is 18.3. The second kappa shape index (κ2) is 9.80. The van der Waals surface area contributed by atoms with Crippen LogP contribution in [0.25, 0.3) is 6.08 Å². The van der Waals surface area contributed by atoms with E-state index in [0.717, 1.165) is 6.26 Å². The maximum Gasteiger partial charge on any atom is 0.248 e. The van der Waals surface area contributed by atoms with E-state index in [1.807, 2.05) is 13.8 Å². The zero-order chi connectivity index (χ0) is 21.6. The fraction of sp³-hybridized carbons (Fsp3) is 0.286. The van der Waals surface area contributed by atoms with Crippen LogP contribution in [0.2, 0.25) is 5.02 Å². The van der Waals surface area contributed by atoms with Crippen molar-refractivity contribution in [2.45, 2.75) is 18.7 Å². The number of methoxy groups -OCH3 is 1. The number of carbonyl (C=O) groups is 1. The first-order valence-corrected chi connectivity index (χ1v) is 11.2. The summed E-state index contributed by atoms with van der Waals surface area (Å²) >= 11 is 6.31. The molecule has 29 heavy (non-hydrogen) atoms. The molecule has 0 atom stereocenters. The summed E-state index contributed by atoms with van der Waals surface area (Å²) < 4.78 is 34.3. The first kappa shape index (κ1) is 22.8. The highest BCUT2D eigenvalue weighted by molar-refractivity contribution is 7.90. The fourth-order valence-electron chi connectivity index (χ4n) is 2.39. The average molecular weight is 438 g/mol. The molecule has 1 amide bonds. The maximum atomic E-state index is 12.2. The number of benzene rings is 2. The van der Waals surface area contributed by atoms with Crippen molar-refractivity contribution >= 4 is 39.1 Å². The van der Waals surface area contributed by atoms with E-state index in [1.54, 1.807) is 30.3 Å². The van der Waals surface area contributed by atoms with E-state index in [2.05, 4.69) is 5.32 Å². The van der Waals surface area contributed by atoms with Crippen molar-refractivity contribution in [3.8, 4) is 11.5 Å². The molecule has 0 aliphatic heterocycles. The molecule has 2 rings (SSSR count). The Bertz CT molecular complexity index is 1020. The van der Waals surface area contributed by atoms with E-state index in [-0.39, 0.29) is 4.90 Å². The molecule has 2 aromatic carbocycles. The molecule has 1 N–H and O–H groups in total. The van der Waals surface area contributed by atoms with Crippen LogP contribution in [-0.2, 0) is 14.6 Å². The lowest BCUT2D eigenvalue weighted by atomic mass is 10.1. The molecule has 6 nitrogen and oxygen atoms in total. The predicted octanol–water partition coefficient (Wildman–Crippen LogP) is 4.44. The van der Waals surface area contributed by atoms with Crippen LogP contribution in [0.4, 0.5) is 5.69 Å². The average Bonchev–Trinajstić information content (AvgIpc) is 2.64. The molecule has 0 saturated heterocycles. The Labute approximate surface area is 176 Å². The smallest absolute Gasteiger partial charge is 0.248 e. The van der Waals surface area contributed by atoms with Gasteiger partial charge in [0.2, 0.25) is 5.91 Å². The maximum absolute atomic E-state index is 12.2. The summed E-state index contributed by atoms with van der Waals surface area (Å²) in [6.45, 7) is 4.56. The second-order valence-electron chi connectivity index (χ2n) is 6.86. The van der Waals surface area contributed by atoms with E-state index in [4.69, 9.17) is 21.1 Å². The molecule has 0 bridgehead atoms. The first-order chi connectivity index (χ1) is 13.6. The van der Waals surface area contributed by atoms with E-state index >= 15 is 0 Å². The number of rotatable bonds is 8. The molecule has 0 aliphatic rings. The third-order valence-electron chi connectivity index (χ3n) is 3.77. The van der Waals surface area contributed by atoms with E-state index < -0.39 is 15.7 Å². The normalized spacial score (nSPS) is 11.7. The van der Waals surface area contributed by atoms with Gasteiger partial charge in [0.05, 0.1) is 23.6 Å². The Morgan fingerprint density at radius 1 is 1.24 bits per heavy atom. The SMILES string of the molecule is COc1cc(/C=C/C(=O)Nc2cccc(S(C)(=O)=O)c2)cc(Cl)c1OCC(C)C. The van der Waals surface area contributed by atoms with Crippen molar-refractivity contribution in [2.24, 2.45) is 5.92 Å². The third kappa shape index (κ3) is 6.80. The Kier molecular flexibility index (Phi) is 7.70. The number of sulfone groups is 1. The Morgan fingerprint density at radius 2 is 1.97 bits per heavy atom. The Morgan fingerprint density at radius 3 is 2.59 bits per heavy atom. The molecule has 0 fully saturated rings. The summed E-state index contributed by atoms with van der Waals surface area (Å²) in [6.07, 6.45) is 4.02. The minimum Gasteiger partial charge on any atom is -0.493 e. The Balaban J connectivity index is 2.15. The summed E-state index contributed by atoms with van der Waals surface area (Å²) in [7, 11) is -1.84. The number of ether oxygens (including phenoxy) is 2. The van der Waals surface area contributed by atoms with Crippen LogP contribution < -0.4 is 14.8 Å². The standard InChI is InChI=1S/C21H24ClNO5S/c1-14(2)13-28-21-18(22)10-15(11-19(21)27-3)8-9-20(24)23-16-6-5-7-17(12-16)29(4,25)26/h5-12,14H,13H2,1-4H3,(H,23,24)/b9-8+. The largest absolute Gasteiger partial charge is 0.493 e. The lowest BCUT2D eigenvalue weighted by Crippen LogP contribution is -2.08. The molecule has 0 aliphatic carbocycles. The van der Waals surface area contributed by atoms with Gasteiger partial charge in [0, 0.05) is 18.0 Å². The van der Waals surface area contributed by atoms with Gasteiger partial charge >= 0.3 is 0 Å². The summed E-state index contributed by atoms with van der Waals surface area (Å²) in [5, 5.41) is 3.01. The van der Waals surface area contributed by atoms with Crippen LogP contribution in [0.3, 0.4) is 0 Å². The molecule has 0 heterocycles. The summed E-state index contributed by atoms with van der Waals surface area (Å²) in [5.41, 5.74) is 1.04. The van der Waals surface area contributed by atoms with Gasteiger partial charge in [0.25, 0.3) is 0 Å². The number of anilines is 1. The topological polar surface area (TPSA) is 81.7 Å². The predicted molar refractivity (Wildman–Crippen MR) is 116 cm³/mol. The highest BCUT2D eigenvalue weighted by Gasteiger charge is 2.12. The van der Waals surface area contributed by atoms with Gasteiger partial charge in [-0.1, -0.05) is 31.5 Å². The van der Waals surface area contributed by atoms with Crippen LogP contribution in [0.5, 0.6) is 11.5 Å². The summed E-state index contributed by atoms with van der Waals surface area (Å²) in [4.78, 5) is 12.3. The van der Waals surface area contributed by atoms with Gasteiger partial charge in [-0.25, -0.2) is 8.42 Å². The minimum absolute atomic E-state index is 0.132. The summed E-state index contributed by atoms with van der Waals surface area (Å²) in [5.74, 6) is 0.854. The van der Waals surface area contributed by atoms with Crippen molar-refractivity contribution < 1.29 is 22.7 Å². The van der Waals surface area contributed by atoms with Crippen molar-refractivity contribution in [1.82, 2.24) is 0 Å². The van der Waals surface area contributed by atoms with Crippen molar-refractivity contribution in [1.29, 1.82) is 0 Å². The number of amides is 1. The molecule has 0 radical (unpaired) electrons. The van der Waals surface area contributed by atoms with Gasteiger partial charge in [-0.2, -0.15) is 0 Å². The second-order valence-corrected chi connectivity index (χ2v) is 9.28. The van der Waals surface area contributed by atoms with Crippen LogP contribution >= 0.6 is 11.6 Å². The van der Waals surface area contributed by atoms with Gasteiger partial charge in [-0.15, -0.1) is 0 Å². The van der Waals surface area contributed by atoms with Crippen LogP contribution in [0, 0.1) is 5.92 Å². The zero-order valence-electron chi connectivity index (χ0n) is 16.7. The van der Waals surface area contributed by atoms with Crippen molar-refractivity contribution in [3.63, 3.8) is 0 Å². The fourth-order valence-corrected chi connectivity index (χ4v) is 3.33. The monoisotopic (exact) mass is 437 g/mol. The number of nitrogens with one attached hydrogen (secondary N) is 1. The third-order valence-corrected chi connectivity index (χ3v) is 5.16. The number of carbonyl (C=O) groups excluding carboxylic acids is 1. The van der Waals surface area contributed by atoms with Crippen LogP contribution in [-0.4, -0.2) is 34.3 Å². The number of halogens is 1. The van der Waals surface area contributed by atoms with Gasteiger partial charge in [-0.05, 0) is 47.9 Å². The lowest BCUT2D eigenvalue weighted by molar-refractivity contribution is -0.111. The molecular formula is C21H24ClNO5S. The molecule has 0 aromatic heterocycles. The quantitative estimate of drug-likeness (QED) is 0.617. The Hall–Kier alpha value is -2.51. The molecule has 2 aromatic rings.